The number of hydrogen-bond donors (Lipinski definition) is 3. The van der Waals surface area contributed by atoms with Gasteiger partial charge in [0, 0.05) is 25.2 Å². The van der Waals surface area contributed by atoms with Gasteiger partial charge in [-0.3, -0.25) is 9.73 Å². The van der Waals surface area contributed by atoms with Crippen LogP contribution < -0.4 is 20.1 Å². The van der Waals surface area contributed by atoms with Gasteiger partial charge in [0.05, 0.1) is 30.9 Å². The van der Waals surface area contributed by atoms with E-state index >= 15 is 0 Å². The van der Waals surface area contributed by atoms with Crippen LogP contribution in [0.2, 0.25) is 5.02 Å². The summed E-state index contributed by atoms with van der Waals surface area (Å²) >= 11 is 6.25. The zero-order chi connectivity index (χ0) is 21.0. The number of hydrogen-bond acceptors (Lipinski definition) is 9. The molecule has 1 aromatic carbocycles. The van der Waals surface area contributed by atoms with E-state index in [1.807, 2.05) is 18.1 Å². The van der Waals surface area contributed by atoms with Gasteiger partial charge in [-0.25, -0.2) is 13.4 Å². The number of methoxy groups -OCH3 is 1. The minimum Gasteiger partial charge on any atom is -0.497 e. The molecule has 0 fully saturated rings. The van der Waals surface area contributed by atoms with Crippen molar-refractivity contribution in [2.75, 3.05) is 35.3 Å². The maximum Gasteiger partial charge on any atom is 0.229 e. The van der Waals surface area contributed by atoms with Crippen molar-refractivity contribution in [3.05, 3.63) is 29.4 Å². The molecule has 1 aliphatic rings. The first-order chi connectivity index (χ1) is 13.8. The molecule has 0 aliphatic carbocycles. The molecule has 1 unspecified atom stereocenters. The highest BCUT2D eigenvalue weighted by molar-refractivity contribution is 7.92. The number of hydrazone groups is 1. The summed E-state index contributed by atoms with van der Waals surface area (Å²) in [6.07, 6.45) is 5.05. The van der Waals surface area contributed by atoms with Crippen LogP contribution in [-0.2, 0) is 10.0 Å². The molecule has 0 radical (unpaired) electrons. The molecule has 0 bridgehead atoms. The fourth-order valence-electron chi connectivity index (χ4n) is 2.73. The van der Waals surface area contributed by atoms with E-state index in [1.165, 1.54) is 13.3 Å². The van der Waals surface area contributed by atoms with Crippen LogP contribution in [-0.4, -0.2) is 55.7 Å². The summed E-state index contributed by atoms with van der Waals surface area (Å²) in [5.41, 5.74) is 0.763. The van der Waals surface area contributed by atoms with Gasteiger partial charge in [-0.1, -0.05) is 11.6 Å². The third kappa shape index (κ3) is 5.39. The molecule has 1 aliphatic heterocycles. The van der Waals surface area contributed by atoms with Gasteiger partial charge in [0.15, 0.2) is 5.82 Å². The Balaban J connectivity index is 1.86. The molecule has 2 aromatic rings. The van der Waals surface area contributed by atoms with E-state index in [4.69, 9.17) is 16.3 Å². The Hall–Kier alpha value is -2.79. The summed E-state index contributed by atoms with van der Waals surface area (Å²) in [4.78, 5) is 8.64. The Labute approximate surface area is 174 Å². The summed E-state index contributed by atoms with van der Waals surface area (Å²) < 4.78 is 31.1. The Morgan fingerprint density at radius 2 is 2.14 bits per heavy atom. The van der Waals surface area contributed by atoms with Gasteiger partial charge in [0.2, 0.25) is 16.0 Å². The first-order valence-electron chi connectivity index (χ1n) is 8.80. The zero-order valence-corrected chi connectivity index (χ0v) is 17.8. The van der Waals surface area contributed by atoms with Crippen LogP contribution in [0.15, 0.2) is 29.5 Å². The van der Waals surface area contributed by atoms with Crippen molar-refractivity contribution >= 4 is 51.0 Å². The molecule has 0 spiro atoms. The largest absolute Gasteiger partial charge is 0.497 e. The number of nitrogens with one attached hydrogen (secondary N) is 3. The normalized spacial score (nSPS) is 16.0. The highest BCUT2D eigenvalue weighted by atomic mass is 35.5. The van der Waals surface area contributed by atoms with Crippen molar-refractivity contribution in [1.82, 2.24) is 15.0 Å². The minimum atomic E-state index is -3.50. The predicted molar refractivity (Wildman–Crippen MR) is 115 cm³/mol. The highest BCUT2D eigenvalue weighted by Crippen LogP contribution is 2.32. The van der Waals surface area contributed by atoms with Crippen molar-refractivity contribution in [2.45, 2.75) is 19.5 Å². The molecule has 1 aromatic heterocycles. The van der Waals surface area contributed by atoms with Crippen LogP contribution in [0.1, 0.15) is 13.3 Å². The second-order valence-corrected chi connectivity index (χ2v) is 8.41. The number of ether oxygens (including phenoxy) is 1. The van der Waals surface area contributed by atoms with E-state index in [2.05, 4.69) is 30.4 Å². The second kappa shape index (κ2) is 8.70. The first kappa shape index (κ1) is 20.9. The third-order valence-corrected chi connectivity index (χ3v) is 4.92. The molecule has 3 N–H and O–H groups in total. The molecule has 0 saturated carbocycles. The van der Waals surface area contributed by atoms with Gasteiger partial charge in [-0.05, 0) is 19.1 Å². The lowest BCUT2D eigenvalue weighted by atomic mass is 10.2. The molecule has 0 saturated heterocycles. The SMILES string of the molecule is CCN1N=CCC1Nc1ncc(Cl)c(Nc2ccc(OC)cc2NS(C)(=O)=O)n1. The van der Waals surface area contributed by atoms with Gasteiger partial charge in [-0.2, -0.15) is 10.1 Å². The Morgan fingerprint density at radius 3 is 2.83 bits per heavy atom. The van der Waals surface area contributed by atoms with E-state index in [-0.39, 0.29) is 11.2 Å². The Morgan fingerprint density at radius 1 is 1.34 bits per heavy atom. The van der Waals surface area contributed by atoms with E-state index in [0.717, 1.165) is 19.2 Å². The molecule has 3 rings (SSSR count). The lowest BCUT2D eigenvalue weighted by Gasteiger charge is -2.23. The molecular formula is C17H22ClN7O3S. The van der Waals surface area contributed by atoms with Gasteiger partial charge < -0.3 is 15.4 Å². The smallest absolute Gasteiger partial charge is 0.229 e. The van der Waals surface area contributed by atoms with Crippen LogP contribution >= 0.6 is 11.6 Å². The predicted octanol–water partition coefficient (Wildman–Crippen LogP) is 2.70. The highest BCUT2D eigenvalue weighted by Gasteiger charge is 2.20. The minimum absolute atomic E-state index is 0.0440. The fraction of sp³-hybridized carbons (Fsp3) is 0.353. The molecule has 0 amide bonds. The topological polar surface area (TPSA) is 121 Å². The third-order valence-electron chi connectivity index (χ3n) is 4.06. The number of sulfonamides is 1. The number of benzene rings is 1. The van der Waals surface area contributed by atoms with Crippen molar-refractivity contribution < 1.29 is 13.2 Å². The summed E-state index contributed by atoms with van der Waals surface area (Å²) in [6, 6.07) is 4.92. The number of aromatic nitrogens is 2. The molecule has 1 atom stereocenters. The molecule has 2 heterocycles. The number of anilines is 4. The lowest BCUT2D eigenvalue weighted by molar-refractivity contribution is 0.265. The maximum atomic E-state index is 11.7. The number of nitrogens with zero attached hydrogens (tertiary/aromatic N) is 4. The van der Waals surface area contributed by atoms with Crippen LogP contribution in [0, 0.1) is 0 Å². The molecule has 156 valence electrons. The van der Waals surface area contributed by atoms with Crippen LogP contribution in [0.3, 0.4) is 0 Å². The van der Waals surface area contributed by atoms with E-state index in [9.17, 15) is 8.42 Å². The summed E-state index contributed by atoms with van der Waals surface area (Å²) in [5.74, 6) is 1.20. The molecule has 29 heavy (non-hydrogen) atoms. The quantitative estimate of drug-likeness (QED) is 0.574. The van der Waals surface area contributed by atoms with Gasteiger partial charge >= 0.3 is 0 Å². The Kier molecular flexibility index (Phi) is 6.28. The van der Waals surface area contributed by atoms with Crippen molar-refractivity contribution in [3.8, 4) is 5.75 Å². The number of halogens is 1. The summed E-state index contributed by atoms with van der Waals surface area (Å²) in [7, 11) is -2.00. The lowest BCUT2D eigenvalue weighted by Crippen LogP contribution is -2.34. The first-order valence-corrected chi connectivity index (χ1v) is 11.1. The Bertz CT molecular complexity index is 1020. The van der Waals surface area contributed by atoms with Crippen molar-refractivity contribution in [2.24, 2.45) is 5.10 Å². The monoisotopic (exact) mass is 439 g/mol. The van der Waals surface area contributed by atoms with Crippen molar-refractivity contribution in [3.63, 3.8) is 0 Å². The number of rotatable bonds is 8. The summed E-state index contributed by atoms with van der Waals surface area (Å²) in [5, 5.41) is 12.7. The van der Waals surface area contributed by atoms with Gasteiger partial charge in [0.1, 0.15) is 16.9 Å². The standard InChI is InChI=1S/C17H22ClN7O3S/c1-4-25-15(7-8-20-25)22-17-19-10-12(18)16(23-17)21-13-6-5-11(28-2)9-14(13)24-29(3,26)27/h5-6,8-10,15,24H,4,7H2,1-3H3,(H2,19,21,22,23). The van der Waals surface area contributed by atoms with Crippen LogP contribution in [0.25, 0.3) is 0 Å². The van der Waals surface area contributed by atoms with Gasteiger partial charge in [0.25, 0.3) is 0 Å². The average molecular weight is 440 g/mol. The fourth-order valence-corrected chi connectivity index (χ4v) is 3.44. The zero-order valence-electron chi connectivity index (χ0n) is 16.2. The van der Waals surface area contributed by atoms with Gasteiger partial charge in [-0.15, -0.1) is 0 Å². The summed E-state index contributed by atoms with van der Waals surface area (Å²) in [6.45, 7) is 2.76. The molecule has 10 nitrogen and oxygen atoms in total. The van der Waals surface area contributed by atoms with Crippen LogP contribution in [0.4, 0.5) is 23.1 Å². The van der Waals surface area contributed by atoms with E-state index in [1.54, 1.807) is 18.2 Å². The van der Waals surface area contributed by atoms with E-state index in [0.29, 0.717) is 28.9 Å². The molecular weight excluding hydrogens is 418 g/mol. The second-order valence-electron chi connectivity index (χ2n) is 6.25. The molecule has 12 heteroatoms. The maximum absolute atomic E-state index is 11.7. The van der Waals surface area contributed by atoms with Crippen molar-refractivity contribution in [1.29, 1.82) is 0 Å². The average Bonchev–Trinajstić information content (AvgIpc) is 3.11. The van der Waals surface area contributed by atoms with Crippen LogP contribution in [0.5, 0.6) is 5.75 Å². The van der Waals surface area contributed by atoms with E-state index < -0.39 is 10.0 Å².